The number of anilines is 1. The first kappa shape index (κ1) is 11.6. The van der Waals surface area contributed by atoms with E-state index >= 15 is 0 Å². The van der Waals surface area contributed by atoms with Gasteiger partial charge in [0.05, 0.1) is 12.8 Å². The van der Waals surface area contributed by atoms with Crippen molar-refractivity contribution in [2.75, 3.05) is 44.1 Å². The number of rotatable bonds is 3. The molecule has 0 bridgehead atoms. The summed E-state index contributed by atoms with van der Waals surface area (Å²) < 4.78 is 5.38. The van der Waals surface area contributed by atoms with E-state index in [-0.39, 0.29) is 0 Å². The Kier molecular flexibility index (Phi) is 3.96. The van der Waals surface area contributed by atoms with Gasteiger partial charge in [-0.15, -0.1) is 0 Å². The second kappa shape index (κ2) is 5.46. The maximum Gasteiger partial charge on any atom is 0.142 e. The normalized spacial score (nSPS) is 17.5. The number of nitrogens with zero attached hydrogens (tertiary/aromatic N) is 2. The van der Waals surface area contributed by atoms with Crippen molar-refractivity contribution in [3.05, 3.63) is 24.3 Å². The van der Waals surface area contributed by atoms with E-state index in [0.29, 0.717) is 0 Å². The lowest BCUT2D eigenvalue weighted by atomic mass is 10.2. The highest BCUT2D eigenvalue weighted by molar-refractivity contribution is 7.80. The largest absolute Gasteiger partial charge is 0.495 e. The number of para-hydroxylation sites is 2. The molecule has 0 amide bonds. The van der Waals surface area contributed by atoms with Crippen molar-refractivity contribution < 1.29 is 4.74 Å². The minimum absolute atomic E-state index is 0.847. The molecule has 1 saturated heterocycles. The fourth-order valence-electron chi connectivity index (χ4n) is 2.02. The summed E-state index contributed by atoms with van der Waals surface area (Å²) in [5.41, 5.74) is 1.20. The Morgan fingerprint density at radius 3 is 2.50 bits per heavy atom. The molecule has 3 nitrogen and oxygen atoms in total. The Morgan fingerprint density at radius 1 is 1.19 bits per heavy atom. The Bertz CT molecular complexity index is 338. The van der Waals surface area contributed by atoms with E-state index in [1.54, 1.807) is 7.11 Å². The van der Waals surface area contributed by atoms with Crippen molar-refractivity contribution in [2.24, 2.45) is 0 Å². The molecule has 0 aliphatic carbocycles. The summed E-state index contributed by atoms with van der Waals surface area (Å²) in [5, 5.41) is 0. The third-order valence-corrected chi connectivity index (χ3v) is 3.40. The second-order valence-electron chi connectivity index (χ2n) is 3.92. The Balaban J connectivity index is 2.07. The number of thiol groups is 1. The summed E-state index contributed by atoms with van der Waals surface area (Å²) >= 11 is 4.30. The monoisotopic (exact) mass is 238 g/mol. The van der Waals surface area contributed by atoms with Gasteiger partial charge in [0.15, 0.2) is 0 Å². The molecule has 0 saturated carbocycles. The molecular weight excluding hydrogens is 220 g/mol. The maximum atomic E-state index is 5.38. The van der Waals surface area contributed by atoms with Gasteiger partial charge in [-0.2, -0.15) is 12.6 Å². The van der Waals surface area contributed by atoms with Crippen LogP contribution in [0.25, 0.3) is 0 Å². The smallest absolute Gasteiger partial charge is 0.142 e. The molecule has 1 aromatic carbocycles. The lowest BCUT2D eigenvalue weighted by Crippen LogP contribution is -2.45. The van der Waals surface area contributed by atoms with E-state index in [4.69, 9.17) is 4.74 Å². The van der Waals surface area contributed by atoms with E-state index in [1.807, 2.05) is 12.1 Å². The highest BCUT2D eigenvalue weighted by Crippen LogP contribution is 2.28. The quantitative estimate of drug-likeness (QED) is 0.807. The first-order chi connectivity index (χ1) is 7.85. The third kappa shape index (κ3) is 2.44. The number of ether oxygens (including phenoxy) is 1. The number of hydrogen-bond donors (Lipinski definition) is 1. The van der Waals surface area contributed by atoms with Crippen LogP contribution in [0.1, 0.15) is 0 Å². The molecule has 1 aromatic rings. The van der Waals surface area contributed by atoms with Crippen molar-refractivity contribution >= 4 is 18.3 Å². The van der Waals surface area contributed by atoms with Crippen molar-refractivity contribution in [1.29, 1.82) is 0 Å². The van der Waals surface area contributed by atoms with Crippen LogP contribution in [0.4, 0.5) is 5.69 Å². The topological polar surface area (TPSA) is 15.7 Å². The molecule has 0 atom stereocenters. The van der Waals surface area contributed by atoms with Crippen molar-refractivity contribution in [3.8, 4) is 5.75 Å². The van der Waals surface area contributed by atoms with Gasteiger partial charge in [-0.05, 0) is 12.1 Å². The number of hydrogen-bond acceptors (Lipinski definition) is 4. The van der Waals surface area contributed by atoms with E-state index in [9.17, 15) is 0 Å². The van der Waals surface area contributed by atoms with Crippen molar-refractivity contribution in [2.45, 2.75) is 0 Å². The Morgan fingerprint density at radius 2 is 1.88 bits per heavy atom. The number of benzene rings is 1. The molecule has 16 heavy (non-hydrogen) atoms. The maximum absolute atomic E-state index is 5.38. The van der Waals surface area contributed by atoms with Gasteiger partial charge in [-0.25, -0.2) is 0 Å². The molecule has 2 rings (SSSR count). The lowest BCUT2D eigenvalue weighted by molar-refractivity contribution is 0.300. The predicted octanol–water partition coefficient (Wildman–Crippen LogP) is 1.70. The van der Waals surface area contributed by atoms with Crippen LogP contribution in [0.3, 0.4) is 0 Å². The molecule has 0 unspecified atom stereocenters. The van der Waals surface area contributed by atoms with E-state index in [0.717, 1.165) is 37.8 Å². The standard InChI is InChI=1S/C12H18N2OS/c1-15-12-5-3-2-4-11(12)14-8-6-13(10-16)7-9-14/h2-5,16H,6-10H2,1H3. The highest BCUT2D eigenvalue weighted by Gasteiger charge is 2.18. The van der Waals surface area contributed by atoms with Gasteiger partial charge >= 0.3 is 0 Å². The average Bonchev–Trinajstić information content (AvgIpc) is 2.39. The first-order valence-electron chi connectivity index (χ1n) is 5.56. The third-order valence-electron chi connectivity index (χ3n) is 3.00. The van der Waals surface area contributed by atoms with Gasteiger partial charge in [-0.1, -0.05) is 12.1 Å². The van der Waals surface area contributed by atoms with E-state index in [2.05, 4.69) is 34.6 Å². The summed E-state index contributed by atoms with van der Waals surface area (Å²) in [5.74, 6) is 1.81. The molecule has 88 valence electrons. The SMILES string of the molecule is COc1ccccc1N1CCN(CS)CC1. The summed E-state index contributed by atoms with van der Waals surface area (Å²) in [7, 11) is 1.73. The zero-order chi connectivity index (χ0) is 11.4. The van der Waals surface area contributed by atoms with Gasteiger partial charge in [-0.3, -0.25) is 4.90 Å². The first-order valence-corrected chi connectivity index (χ1v) is 6.19. The van der Waals surface area contributed by atoms with Crippen LogP contribution in [0.15, 0.2) is 24.3 Å². The zero-order valence-electron chi connectivity index (χ0n) is 9.59. The summed E-state index contributed by atoms with van der Waals surface area (Å²) in [6.07, 6.45) is 0. The fraction of sp³-hybridized carbons (Fsp3) is 0.500. The Hall–Kier alpha value is -0.870. The minimum Gasteiger partial charge on any atom is -0.495 e. The molecular formula is C12H18N2OS. The molecule has 4 heteroatoms. The highest BCUT2D eigenvalue weighted by atomic mass is 32.1. The van der Waals surface area contributed by atoms with Crippen LogP contribution < -0.4 is 9.64 Å². The van der Waals surface area contributed by atoms with Gasteiger partial charge in [0.25, 0.3) is 0 Å². The Labute approximate surface area is 102 Å². The lowest BCUT2D eigenvalue weighted by Gasteiger charge is -2.35. The predicted molar refractivity (Wildman–Crippen MR) is 70.6 cm³/mol. The fourth-order valence-corrected chi connectivity index (χ4v) is 2.30. The van der Waals surface area contributed by atoms with Crippen LogP contribution in [-0.4, -0.2) is 44.1 Å². The van der Waals surface area contributed by atoms with Crippen LogP contribution in [0.5, 0.6) is 5.75 Å². The van der Waals surface area contributed by atoms with Crippen molar-refractivity contribution in [1.82, 2.24) is 4.90 Å². The van der Waals surface area contributed by atoms with Crippen LogP contribution in [0, 0.1) is 0 Å². The number of piperazine rings is 1. The summed E-state index contributed by atoms with van der Waals surface area (Å²) in [6, 6.07) is 8.20. The van der Waals surface area contributed by atoms with Crippen molar-refractivity contribution in [3.63, 3.8) is 0 Å². The summed E-state index contributed by atoms with van der Waals surface area (Å²) in [6.45, 7) is 4.23. The van der Waals surface area contributed by atoms with E-state index in [1.165, 1.54) is 5.69 Å². The molecule has 1 aliphatic heterocycles. The average molecular weight is 238 g/mol. The number of methoxy groups -OCH3 is 1. The zero-order valence-corrected chi connectivity index (χ0v) is 10.5. The van der Waals surface area contributed by atoms with Gasteiger partial charge in [0.2, 0.25) is 0 Å². The van der Waals surface area contributed by atoms with Gasteiger partial charge in [0.1, 0.15) is 5.75 Å². The summed E-state index contributed by atoms with van der Waals surface area (Å²) in [4.78, 5) is 4.72. The molecule has 0 N–H and O–H groups in total. The minimum atomic E-state index is 0.847. The van der Waals surface area contributed by atoms with Crippen LogP contribution in [0.2, 0.25) is 0 Å². The molecule has 1 heterocycles. The molecule has 0 radical (unpaired) electrons. The van der Waals surface area contributed by atoms with Crippen LogP contribution in [-0.2, 0) is 0 Å². The van der Waals surface area contributed by atoms with Gasteiger partial charge < -0.3 is 9.64 Å². The van der Waals surface area contributed by atoms with E-state index < -0.39 is 0 Å². The molecule has 1 fully saturated rings. The molecule has 0 spiro atoms. The van der Waals surface area contributed by atoms with Crippen LogP contribution >= 0.6 is 12.6 Å². The molecule has 0 aromatic heterocycles. The van der Waals surface area contributed by atoms with Gasteiger partial charge in [0, 0.05) is 32.1 Å². The second-order valence-corrected chi connectivity index (χ2v) is 4.20. The molecule has 1 aliphatic rings.